The van der Waals surface area contributed by atoms with Crippen LogP contribution in [0.1, 0.15) is 19.8 Å². The molecule has 0 bridgehead atoms. The average Bonchev–Trinajstić information content (AvgIpc) is 2.91. The average molecular weight is 526 g/mol. The van der Waals surface area contributed by atoms with Gasteiger partial charge >= 0.3 is 0 Å². The smallest absolute Gasteiger partial charge is 0.265 e. The van der Waals surface area contributed by atoms with Crippen molar-refractivity contribution in [3.63, 3.8) is 0 Å². The summed E-state index contributed by atoms with van der Waals surface area (Å²) in [6.07, 6.45) is 4.39. The third-order valence-electron chi connectivity index (χ3n) is 5.14. The van der Waals surface area contributed by atoms with Gasteiger partial charge in [-0.15, -0.1) is 0 Å². The first-order valence-corrected chi connectivity index (χ1v) is 13.0. The van der Waals surface area contributed by atoms with Gasteiger partial charge in [0.25, 0.3) is 10.0 Å². The Hall–Kier alpha value is -3.76. The van der Waals surface area contributed by atoms with Gasteiger partial charge in [-0.1, -0.05) is 55.3 Å². The molecule has 9 nitrogen and oxygen atoms in total. The zero-order chi connectivity index (χ0) is 25.5. The number of sulfonamides is 1. The number of benzene rings is 2. The summed E-state index contributed by atoms with van der Waals surface area (Å²) in [5, 5.41) is -0.0990. The van der Waals surface area contributed by atoms with Crippen molar-refractivity contribution < 1.29 is 17.9 Å². The molecule has 2 aromatic carbocycles. The number of ether oxygens (including phenoxy) is 2. The van der Waals surface area contributed by atoms with Gasteiger partial charge in [0.15, 0.2) is 28.3 Å². The molecule has 0 N–H and O–H groups in total. The van der Waals surface area contributed by atoms with E-state index in [2.05, 4.69) is 19.9 Å². The van der Waals surface area contributed by atoms with Crippen LogP contribution in [0.4, 0.5) is 5.82 Å². The van der Waals surface area contributed by atoms with E-state index in [1.54, 1.807) is 48.5 Å². The molecule has 0 saturated carbocycles. The predicted molar refractivity (Wildman–Crippen MR) is 137 cm³/mol. The van der Waals surface area contributed by atoms with Crippen molar-refractivity contribution in [2.24, 2.45) is 0 Å². The number of nitrogens with zero attached hydrogens (tertiary/aromatic N) is 5. The fourth-order valence-electron chi connectivity index (χ4n) is 3.36. The van der Waals surface area contributed by atoms with Crippen LogP contribution in [0.15, 0.2) is 78.0 Å². The molecule has 0 aliphatic heterocycles. The van der Waals surface area contributed by atoms with E-state index in [1.165, 1.54) is 35.9 Å². The lowest BCUT2D eigenvalue weighted by Crippen LogP contribution is -2.33. The maximum absolute atomic E-state index is 13.8. The molecule has 0 spiro atoms. The second-order valence-electron chi connectivity index (χ2n) is 7.56. The van der Waals surface area contributed by atoms with Crippen LogP contribution >= 0.6 is 11.6 Å². The summed E-state index contributed by atoms with van der Waals surface area (Å²) in [5.74, 6) is 0.950. The lowest BCUT2D eigenvalue weighted by atomic mass is 10.3. The Balaban J connectivity index is 1.94. The molecule has 0 radical (unpaired) electrons. The second-order valence-corrected chi connectivity index (χ2v) is 9.78. The zero-order valence-corrected chi connectivity index (χ0v) is 21.3. The molecule has 2 heterocycles. The number of unbranched alkanes of at least 4 members (excludes halogenated alkanes) is 1. The normalized spacial score (nSPS) is 11.2. The Labute approximate surface area is 214 Å². The van der Waals surface area contributed by atoms with Gasteiger partial charge in [-0.25, -0.2) is 32.7 Å². The van der Waals surface area contributed by atoms with Gasteiger partial charge in [-0.3, -0.25) is 0 Å². The Kier molecular flexibility index (Phi) is 7.97. The molecule has 0 atom stereocenters. The van der Waals surface area contributed by atoms with Crippen LogP contribution in [-0.2, 0) is 10.0 Å². The summed E-state index contributed by atoms with van der Waals surface area (Å²) in [6, 6.07) is 16.7. The summed E-state index contributed by atoms with van der Waals surface area (Å²) < 4.78 is 40.4. The predicted octanol–water partition coefficient (Wildman–Crippen LogP) is 5.38. The molecule has 0 saturated heterocycles. The number of methoxy groups -OCH3 is 1. The molecule has 0 unspecified atom stereocenters. The van der Waals surface area contributed by atoms with E-state index < -0.39 is 10.0 Å². The number of halogens is 1. The van der Waals surface area contributed by atoms with Gasteiger partial charge in [0.1, 0.15) is 0 Å². The van der Waals surface area contributed by atoms with Gasteiger partial charge in [-0.2, -0.15) is 0 Å². The molecule has 0 aliphatic rings. The molecule has 11 heteroatoms. The van der Waals surface area contributed by atoms with E-state index in [9.17, 15) is 8.42 Å². The highest BCUT2D eigenvalue weighted by Crippen LogP contribution is 2.42. The minimum Gasteiger partial charge on any atom is -0.493 e. The van der Waals surface area contributed by atoms with Crippen LogP contribution in [0.25, 0.3) is 11.6 Å². The molecule has 36 heavy (non-hydrogen) atoms. The molecule has 0 amide bonds. The largest absolute Gasteiger partial charge is 0.493 e. The highest BCUT2D eigenvalue weighted by Gasteiger charge is 2.31. The van der Waals surface area contributed by atoms with E-state index >= 15 is 0 Å². The van der Waals surface area contributed by atoms with Gasteiger partial charge in [0, 0.05) is 18.9 Å². The van der Waals surface area contributed by atoms with Crippen molar-refractivity contribution in [1.82, 2.24) is 19.9 Å². The highest BCUT2D eigenvalue weighted by molar-refractivity contribution is 7.92. The van der Waals surface area contributed by atoms with Gasteiger partial charge < -0.3 is 9.47 Å². The molecule has 186 valence electrons. The lowest BCUT2D eigenvalue weighted by Gasteiger charge is -2.26. The number of hydrogen-bond donors (Lipinski definition) is 0. The zero-order valence-electron chi connectivity index (χ0n) is 19.7. The summed E-state index contributed by atoms with van der Waals surface area (Å²) in [4.78, 5) is 17.4. The monoisotopic (exact) mass is 525 g/mol. The molecular formula is C25H24ClN5O4S. The van der Waals surface area contributed by atoms with E-state index in [4.69, 9.17) is 21.1 Å². The van der Waals surface area contributed by atoms with Crippen molar-refractivity contribution in [3.05, 3.63) is 78.2 Å². The Morgan fingerprint density at radius 1 is 0.889 bits per heavy atom. The fourth-order valence-corrected chi connectivity index (χ4v) is 5.04. The van der Waals surface area contributed by atoms with Gasteiger partial charge in [0.05, 0.1) is 12.0 Å². The maximum Gasteiger partial charge on any atom is 0.265 e. The van der Waals surface area contributed by atoms with Crippen LogP contribution in [0, 0.1) is 0 Å². The number of rotatable bonds is 10. The first-order chi connectivity index (χ1) is 17.5. The first kappa shape index (κ1) is 25.3. The number of hydrogen-bond acceptors (Lipinski definition) is 8. The van der Waals surface area contributed by atoms with Crippen molar-refractivity contribution in [2.75, 3.05) is 18.0 Å². The van der Waals surface area contributed by atoms with E-state index in [0.717, 1.165) is 6.42 Å². The number of aromatic nitrogens is 4. The molecule has 4 aromatic rings. The number of para-hydroxylation sites is 2. The quantitative estimate of drug-likeness (QED) is 0.254. The van der Waals surface area contributed by atoms with Crippen molar-refractivity contribution >= 4 is 27.4 Å². The Morgan fingerprint density at radius 3 is 2.22 bits per heavy atom. The maximum atomic E-state index is 13.8. The second kappa shape index (κ2) is 11.3. The van der Waals surface area contributed by atoms with Crippen molar-refractivity contribution in [2.45, 2.75) is 24.7 Å². The fraction of sp³-hybridized carbons (Fsp3) is 0.200. The van der Waals surface area contributed by atoms with Crippen LogP contribution in [0.5, 0.6) is 17.2 Å². The standard InChI is InChI=1S/C25H24ClN5O4S/c1-3-4-17-31(36(32,33)18-11-6-5-7-12-18)25-21(35-20-14-9-8-13-19(20)34-2)22(26)29-24(30-25)23-27-15-10-16-28-23/h5-16H,3-4,17H2,1-2H3. The molecule has 0 fully saturated rings. The third kappa shape index (κ3) is 5.39. The Bertz CT molecular complexity index is 1420. The minimum absolute atomic E-state index is 0.0272. The molecule has 0 aliphatic carbocycles. The van der Waals surface area contributed by atoms with Gasteiger partial charge in [-0.05, 0) is 36.8 Å². The Morgan fingerprint density at radius 2 is 1.56 bits per heavy atom. The van der Waals surface area contributed by atoms with Crippen LogP contribution in [-0.4, -0.2) is 42.0 Å². The summed E-state index contributed by atoms with van der Waals surface area (Å²) >= 11 is 6.61. The summed E-state index contributed by atoms with van der Waals surface area (Å²) in [5.41, 5.74) is 0. The van der Waals surface area contributed by atoms with E-state index in [1.807, 2.05) is 6.92 Å². The third-order valence-corrected chi connectivity index (χ3v) is 7.20. The molecular weight excluding hydrogens is 502 g/mol. The van der Waals surface area contributed by atoms with Crippen molar-refractivity contribution in [3.8, 4) is 28.9 Å². The van der Waals surface area contributed by atoms with E-state index in [-0.39, 0.29) is 39.8 Å². The molecule has 4 rings (SSSR count). The lowest BCUT2D eigenvalue weighted by molar-refractivity contribution is 0.378. The highest BCUT2D eigenvalue weighted by atomic mass is 35.5. The minimum atomic E-state index is -4.04. The van der Waals surface area contributed by atoms with Crippen LogP contribution in [0.2, 0.25) is 5.15 Å². The molecule has 2 aromatic heterocycles. The van der Waals surface area contributed by atoms with Crippen LogP contribution in [0.3, 0.4) is 0 Å². The van der Waals surface area contributed by atoms with Crippen molar-refractivity contribution in [1.29, 1.82) is 0 Å². The first-order valence-electron chi connectivity index (χ1n) is 11.2. The SMILES string of the molecule is CCCCN(c1nc(-c2ncccn2)nc(Cl)c1Oc1ccccc1OC)S(=O)(=O)c1ccccc1. The number of anilines is 1. The van der Waals surface area contributed by atoms with E-state index in [0.29, 0.717) is 17.9 Å². The summed E-state index contributed by atoms with van der Waals surface area (Å²) in [6.45, 7) is 2.11. The van der Waals surface area contributed by atoms with Crippen LogP contribution < -0.4 is 13.8 Å². The van der Waals surface area contributed by atoms with Gasteiger partial charge in [0.2, 0.25) is 11.6 Å². The topological polar surface area (TPSA) is 107 Å². The summed E-state index contributed by atoms with van der Waals surface area (Å²) in [7, 11) is -2.54.